The van der Waals surface area contributed by atoms with Crippen LogP contribution in [0.15, 0.2) is 60.8 Å². The Labute approximate surface area is 255 Å². The zero-order valence-corrected chi connectivity index (χ0v) is 24.5. The lowest BCUT2D eigenvalue weighted by molar-refractivity contribution is -0.142. The molecular weight excluding hydrogens is 566 g/mol. The van der Waals surface area contributed by atoms with Crippen LogP contribution in [-0.4, -0.2) is 70.4 Å². The monoisotopic (exact) mass is 607 g/mol. The zero-order valence-electron chi connectivity index (χ0n) is 24.5. The summed E-state index contributed by atoms with van der Waals surface area (Å²) >= 11 is 0. The average molecular weight is 608 g/mol. The Morgan fingerprint density at radius 1 is 0.773 bits per heavy atom. The molecule has 1 aromatic heterocycles. The van der Waals surface area contributed by atoms with Gasteiger partial charge in [0.1, 0.15) is 18.1 Å². The zero-order chi connectivity index (χ0) is 32.1. The summed E-state index contributed by atoms with van der Waals surface area (Å²) in [6.07, 6.45) is 2.83. The molecule has 13 nitrogen and oxygen atoms in total. The van der Waals surface area contributed by atoms with E-state index in [0.29, 0.717) is 19.4 Å². The molecule has 13 heteroatoms. The number of nitrogens with two attached hydrogens (primary N) is 3. The molecule has 0 aliphatic rings. The largest absolute Gasteiger partial charge is 0.480 e. The lowest BCUT2D eigenvalue weighted by atomic mass is 10.0. The van der Waals surface area contributed by atoms with Crippen molar-refractivity contribution in [3.05, 3.63) is 71.9 Å². The number of nitrogens with one attached hydrogen (secondary N) is 4. The predicted octanol–water partition coefficient (Wildman–Crippen LogP) is 0.214. The number of amides is 4. The van der Waals surface area contributed by atoms with Gasteiger partial charge in [0, 0.05) is 29.9 Å². The third-order valence-corrected chi connectivity index (χ3v) is 7.24. The van der Waals surface area contributed by atoms with Crippen LogP contribution < -0.4 is 33.2 Å². The smallest absolute Gasteiger partial charge is 0.326 e. The first-order valence-corrected chi connectivity index (χ1v) is 14.6. The highest BCUT2D eigenvalue weighted by Crippen LogP contribution is 2.19. The summed E-state index contributed by atoms with van der Waals surface area (Å²) in [5.74, 6) is -3.99. The first-order valence-electron chi connectivity index (χ1n) is 14.6. The molecular formula is C31H41N7O6. The van der Waals surface area contributed by atoms with Crippen molar-refractivity contribution in [1.82, 2.24) is 20.9 Å². The van der Waals surface area contributed by atoms with Crippen molar-refractivity contribution < 1.29 is 29.1 Å². The van der Waals surface area contributed by atoms with Crippen molar-refractivity contribution in [2.75, 3.05) is 6.54 Å². The average Bonchev–Trinajstić information content (AvgIpc) is 3.41. The number of carboxylic acids is 1. The van der Waals surface area contributed by atoms with Crippen molar-refractivity contribution in [2.24, 2.45) is 17.2 Å². The second-order valence-electron chi connectivity index (χ2n) is 10.7. The first-order chi connectivity index (χ1) is 21.1. The molecule has 4 atom stereocenters. The molecule has 11 N–H and O–H groups in total. The molecule has 4 amide bonds. The van der Waals surface area contributed by atoms with E-state index in [2.05, 4.69) is 20.9 Å². The lowest BCUT2D eigenvalue weighted by Gasteiger charge is -2.25. The third-order valence-electron chi connectivity index (χ3n) is 7.24. The number of aliphatic carboxylic acids is 1. The Kier molecular flexibility index (Phi) is 12.9. The molecule has 0 aliphatic carbocycles. The van der Waals surface area contributed by atoms with E-state index in [1.54, 1.807) is 6.20 Å². The number of para-hydroxylation sites is 1. The number of unbranched alkanes of at least 4 members (excludes halogenated alkanes) is 1. The van der Waals surface area contributed by atoms with Crippen LogP contribution in [0.5, 0.6) is 0 Å². The summed E-state index contributed by atoms with van der Waals surface area (Å²) in [5, 5.41) is 18.3. The number of rotatable bonds is 18. The highest BCUT2D eigenvalue weighted by molar-refractivity contribution is 5.95. The van der Waals surface area contributed by atoms with Gasteiger partial charge in [-0.2, -0.15) is 0 Å². The SMILES string of the molecule is NCCCCC(NC(=O)C(Cc1c[nH]c2ccccc12)NC(=O)C(N)Cc1ccccc1)C(=O)NC(CCC(N)=O)C(=O)O. The van der Waals surface area contributed by atoms with Crippen LogP contribution in [0.1, 0.15) is 43.2 Å². The summed E-state index contributed by atoms with van der Waals surface area (Å²) in [5.41, 5.74) is 19.4. The number of carbonyl (C=O) groups excluding carboxylic acids is 4. The Balaban J connectivity index is 1.82. The van der Waals surface area contributed by atoms with Crippen molar-refractivity contribution >= 4 is 40.5 Å². The van der Waals surface area contributed by atoms with E-state index < -0.39 is 53.8 Å². The number of benzene rings is 2. The fraction of sp³-hybridized carbons (Fsp3) is 0.387. The Hall–Kier alpha value is -4.75. The maximum Gasteiger partial charge on any atom is 0.326 e. The van der Waals surface area contributed by atoms with E-state index in [0.717, 1.165) is 22.0 Å². The van der Waals surface area contributed by atoms with E-state index in [1.807, 2.05) is 54.6 Å². The molecule has 0 radical (unpaired) electrons. The number of aromatic nitrogens is 1. The summed E-state index contributed by atoms with van der Waals surface area (Å²) in [7, 11) is 0. The normalized spacial score (nSPS) is 13.8. The Morgan fingerprint density at radius 2 is 1.41 bits per heavy atom. The molecule has 3 aromatic rings. The number of carboxylic acid groups (broad SMARTS) is 1. The number of hydrogen-bond donors (Lipinski definition) is 8. The van der Waals surface area contributed by atoms with Gasteiger partial charge >= 0.3 is 5.97 Å². The van der Waals surface area contributed by atoms with Crippen LogP contribution in [-0.2, 0) is 36.8 Å². The van der Waals surface area contributed by atoms with Gasteiger partial charge in [-0.3, -0.25) is 19.2 Å². The van der Waals surface area contributed by atoms with Gasteiger partial charge in [0.15, 0.2) is 0 Å². The second kappa shape index (κ2) is 16.8. The molecule has 3 rings (SSSR count). The topological polar surface area (TPSA) is 236 Å². The molecule has 44 heavy (non-hydrogen) atoms. The van der Waals surface area contributed by atoms with Gasteiger partial charge in [0.2, 0.25) is 23.6 Å². The molecule has 0 aliphatic heterocycles. The molecule has 0 fully saturated rings. The van der Waals surface area contributed by atoms with Crippen LogP contribution in [0, 0.1) is 0 Å². The standard InChI is InChI=1S/C31H41N7O6/c32-15-7-6-12-24(29(41)37-25(31(43)44)13-14-27(34)39)36-30(42)26(17-20-18-35-23-11-5-4-10-21(20)23)38-28(40)22(33)16-19-8-2-1-3-9-19/h1-5,8-11,18,22,24-26,35H,6-7,12-17,32-33H2,(H2,34,39)(H,36,42)(H,37,41)(H,38,40)(H,43,44). The minimum absolute atomic E-state index is 0.0904. The number of fused-ring (bicyclic) bond motifs is 1. The van der Waals surface area contributed by atoms with E-state index in [1.165, 1.54) is 0 Å². The van der Waals surface area contributed by atoms with Crippen LogP contribution in [0.3, 0.4) is 0 Å². The number of aromatic amines is 1. The summed E-state index contributed by atoms with van der Waals surface area (Å²) in [4.78, 5) is 66.3. The second-order valence-corrected chi connectivity index (χ2v) is 10.7. The van der Waals surface area contributed by atoms with E-state index in [-0.39, 0.29) is 32.1 Å². The minimum Gasteiger partial charge on any atom is -0.480 e. The Morgan fingerprint density at radius 3 is 2.09 bits per heavy atom. The number of H-pyrrole nitrogens is 1. The van der Waals surface area contributed by atoms with Gasteiger partial charge in [-0.15, -0.1) is 0 Å². The maximum absolute atomic E-state index is 13.7. The van der Waals surface area contributed by atoms with Crippen LogP contribution in [0.4, 0.5) is 0 Å². The highest BCUT2D eigenvalue weighted by atomic mass is 16.4. The first kappa shape index (κ1) is 33.7. The van der Waals surface area contributed by atoms with Crippen LogP contribution in [0.2, 0.25) is 0 Å². The summed E-state index contributed by atoms with van der Waals surface area (Å²) < 4.78 is 0. The maximum atomic E-state index is 13.7. The van der Waals surface area contributed by atoms with Gasteiger partial charge in [-0.05, 0) is 55.8 Å². The summed E-state index contributed by atoms with van der Waals surface area (Å²) in [6.45, 7) is 0.358. The number of primary amides is 1. The molecule has 236 valence electrons. The number of carbonyl (C=O) groups is 5. The molecule has 0 saturated heterocycles. The Bertz CT molecular complexity index is 1430. The molecule has 0 saturated carbocycles. The van der Waals surface area contributed by atoms with Gasteiger partial charge in [-0.1, -0.05) is 48.5 Å². The van der Waals surface area contributed by atoms with Gasteiger partial charge in [-0.25, -0.2) is 4.79 Å². The van der Waals surface area contributed by atoms with E-state index >= 15 is 0 Å². The van der Waals surface area contributed by atoms with E-state index in [4.69, 9.17) is 17.2 Å². The van der Waals surface area contributed by atoms with Gasteiger partial charge in [0.25, 0.3) is 0 Å². The van der Waals surface area contributed by atoms with Crippen LogP contribution in [0.25, 0.3) is 10.9 Å². The van der Waals surface area contributed by atoms with E-state index in [9.17, 15) is 29.1 Å². The molecule has 0 bridgehead atoms. The summed E-state index contributed by atoms with van der Waals surface area (Å²) in [6, 6.07) is 12.2. The molecule has 0 spiro atoms. The quantitative estimate of drug-likeness (QED) is 0.0929. The van der Waals surface area contributed by atoms with Gasteiger partial charge < -0.3 is 43.2 Å². The lowest BCUT2D eigenvalue weighted by Crippen LogP contribution is -2.57. The molecule has 2 aromatic carbocycles. The van der Waals surface area contributed by atoms with Gasteiger partial charge in [0.05, 0.1) is 6.04 Å². The van der Waals surface area contributed by atoms with Crippen molar-refractivity contribution in [3.63, 3.8) is 0 Å². The third kappa shape index (κ3) is 10.2. The van der Waals surface area contributed by atoms with Crippen LogP contribution >= 0.6 is 0 Å². The highest BCUT2D eigenvalue weighted by Gasteiger charge is 2.31. The van der Waals surface area contributed by atoms with Crippen molar-refractivity contribution in [2.45, 2.75) is 69.1 Å². The van der Waals surface area contributed by atoms with Crippen molar-refractivity contribution in [3.8, 4) is 0 Å². The fourth-order valence-corrected chi connectivity index (χ4v) is 4.82. The number of hydrogen-bond acceptors (Lipinski definition) is 7. The molecule has 4 unspecified atom stereocenters. The molecule has 1 heterocycles. The fourth-order valence-electron chi connectivity index (χ4n) is 4.82. The minimum atomic E-state index is -1.39. The van der Waals surface area contributed by atoms with Crippen molar-refractivity contribution in [1.29, 1.82) is 0 Å². The predicted molar refractivity (Wildman–Crippen MR) is 165 cm³/mol.